The van der Waals surface area contributed by atoms with Crippen LogP contribution in [0.15, 0.2) is 48.5 Å². The number of benzene rings is 2. The summed E-state index contributed by atoms with van der Waals surface area (Å²) in [4.78, 5) is 0. The van der Waals surface area contributed by atoms with E-state index in [-0.39, 0.29) is 0 Å². The monoisotopic (exact) mass is 251 g/mol. The molecule has 0 spiro atoms. The molecule has 0 radical (unpaired) electrons. The van der Waals surface area contributed by atoms with E-state index in [1.54, 1.807) is 0 Å². The van der Waals surface area contributed by atoms with Gasteiger partial charge in [0.05, 0.1) is 5.56 Å². The van der Waals surface area contributed by atoms with Crippen LogP contribution < -0.4 is 5.73 Å². The van der Waals surface area contributed by atoms with Gasteiger partial charge in [0.2, 0.25) is 0 Å². The molecule has 18 heavy (non-hydrogen) atoms. The lowest BCUT2D eigenvalue weighted by molar-refractivity contribution is -0.137. The Bertz CT molecular complexity index is 532. The van der Waals surface area contributed by atoms with Gasteiger partial charge in [0, 0.05) is 5.69 Å². The molecule has 0 amide bonds. The number of alkyl halides is 3. The SMILES string of the molecule is Nc1ccc(C(F)(F)F)cc1Cc1ccccc1. The first-order valence-electron chi connectivity index (χ1n) is 5.46. The quantitative estimate of drug-likeness (QED) is 0.805. The van der Waals surface area contributed by atoms with E-state index in [2.05, 4.69) is 0 Å². The Hall–Kier alpha value is -1.97. The third-order valence-electron chi connectivity index (χ3n) is 2.71. The van der Waals surface area contributed by atoms with Crippen molar-refractivity contribution in [3.05, 3.63) is 65.2 Å². The molecule has 2 aromatic rings. The van der Waals surface area contributed by atoms with Crippen LogP contribution in [0, 0.1) is 0 Å². The molecule has 0 unspecified atom stereocenters. The van der Waals surface area contributed by atoms with Crippen molar-refractivity contribution in [2.24, 2.45) is 0 Å². The summed E-state index contributed by atoms with van der Waals surface area (Å²) in [6.07, 6.45) is -3.93. The molecule has 0 fully saturated rings. The number of hydrogen-bond acceptors (Lipinski definition) is 1. The second-order valence-corrected chi connectivity index (χ2v) is 4.07. The largest absolute Gasteiger partial charge is 0.416 e. The first-order chi connectivity index (χ1) is 8.47. The predicted octanol–water partition coefficient (Wildman–Crippen LogP) is 3.88. The molecule has 0 saturated heterocycles. The van der Waals surface area contributed by atoms with E-state index in [0.717, 1.165) is 17.7 Å². The van der Waals surface area contributed by atoms with Gasteiger partial charge in [0.15, 0.2) is 0 Å². The first kappa shape index (κ1) is 12.5. The molecule has 0 saturated carbocycles. The van der Waals surface area contributed by atoms with Gasteiger partial charge >= 0.3 is 6.18 Å². The average Bonchev–Trinajstić information content (AvgIpc) is 2.32. The van der Waals surface area contributed by atoms with Crippen LogP contribution in [0.3, 0.4) is 0 Å². The molecule has 0 bridgehead atoms. The third kappa shape index (κ3) is 2.83. The van der Waals surface area contributed by atoms with Crippen molar-refractivity contribution < 1.29 is 13.2 Å². The van der Waals surface area contributed by atoms with E-state index in [4.69, 9.17) is 5.73 Å². The molecule has 0 aliphatic heterocycles. The van der Waals surface area contributed by atoms with Crippen molar-refractivity contribution in [3.63, 3.8) is 0 Å². The highest BCUT2D eigenvalue weighted by atomic mass is 19.4. The van der Waals surface area contributed by atoms with Gasteiger partial charge in [-0.25, -0.2) is 0 Å². The lowest BCUT2D eigenvalue weighted by Gasteiger charge is -2.11. The van der Waals surface area contributed by atoms with Crippen molar-refractivity contribution >= 4 is 5.69 Å². The second kappa shape index (κ2) is 4.72. The molecule has 0 heterocycles. The maximum atomic E-state index is 12.6. The van der Waals surface area contributed by atoms with Crippen LogP contribution in [0.5, 0.6) is 0 Å². The van der Waals surface area contributed by atoms with E-state index in [0.29, 0.717) is 17.7 Å². The Labute approximate surface area is 103 Å². The maximum Gasteiger partial charge on any atom is 0.416 e. The van der Waals surface area contributed by atoms with E-state index < -0.39 is 11.7 Å². The summed E-state index contributed by atoms with van der Waals surface area (Å²) in [7, 11) is 0. The molecule has 0 aliphatic carbocycles. The molecular formula is C14H12F3N. The van der Waals surface area contributed by atoms with Crippen LogP contribution in [-0.4, -0.2) is 0 Å². The van der Waals surface area contributed by atoms with E-state index in [1.807, 2.05) is 30.3 Å². The molecule has 94 valence electrons. The summed E-state index contributed by atoms with van der Waals surface area (Å²) < 4.78 is 37.8. The molecule has 0 aliphatic rings. The van der Waals surface area contributed by atoms with Crippen LogP contribution in [0.1, 0.15) is 16.7 Å². The Balaban J connectivity index is 2.33. The second-order valence-electron chi connectivity index (χ2n) is 4.07. The molecule has 1 nitrogen and oxygen atoms in total. The van der Waals surface area contributed by atoms with Crippen LogP contribution in [0.25, 0.3) is 0 Å². The fourth-order valence-corrected chi connectivity index (χ4v) is 1.75. The van der Waals surface area contributed by atoms with E-state index in [9.17, 15) is 13.2 Å². The Kier molecular flexibility index (Phi) is 3.28. The summed E-state index contributed by atoms with van der Waals surface area (Å²) >= 11 is 0. The third-order valence-corrected chi connectivity index (χ3v) is 2.71. The Morgan fingerprint density at radius 3 is 2.22 bits per heavy atom. The highest BCUT2D eigenvalue weighted by Crippen LogP contribution is 2.31. The number of nitrogens with two attached hydrogens (primary N) is 1. The van der Waals surface area contributed by atoms with Gasteiger partial charge in [0.25, 0.3) is 0 Å². The summed E-state index contributed by atoms with van der Waals surface area (Å²) in [6.45, 7) is 0. The molecule has 2 aromatic carbocycles. The van der Waals surface area contributed by atoms with Gasteiger partial charge in [0.1, 0.15) is 0 Å². The fourth-order valence-electron chi connectivity index (χ4n) is 1.75. The smallest absolute Gasteiger partial charge is 0.398 e. The molecule has 0 aromatic heterocycles. The number of halogens is 3. The van der Waals surface area contributed by atoms with Crippen molar-refractivity contribution in [1.82, 2.24) is 0 Å². The van der Waals surface area contributed by atoms with Crippen molar-refractivity contribution in [1.29, 1.82) is 0 Å². The zero-order chi connectivity index (χ0) is 13.2. The topological polar surface area (TPSA) is 26.0 Å². The van der Waals surface area contributed by atoms with Crippen LogP contribution >= 0.6 is 0 Å². The van der Waals surface area contributed by atoms with Gasteiger partial charge in [-0.3, -0.25) is 0 Å². The average molecular weight is 251 g/mol. The fraction of sp³-hybridized carbons (Fsp3) is 0.143. The molecule has 2 N–H and O–H groups in total. The summed E-state index contributed by atoms with van der Waals surface area (Å²) in [6, 6.07) is 12.7. The lowest BCUT2D eigenvalue weighted by atomic mass is 10.0. The number of nitrogen functional groups attached to an aromatic ring is 1. The summed E-state index contributed by atoms with van der Waals surface area (Å²) in [5.41, 5.74) is 6.86. The van der Waals surface area contributed by atoms with Crippen molar-refractivity contribution in [3.8, 4) is 0 Å². The number of hydrogen-bond donors (Lipinski definition) is 1. The van der Waals surface area contributed by atoms with Crippen LogP contribution in [0.2, 0.25) is 0 Å². The van der Waals surface area contributed by atoms with E-state index >= 15 is 0 Å². The van der Waals surface area contributed by atoms with Gasteiger partial charge < -0.3 is 5.73 Å². The van der Waals surface area contributed by atoms with Gasteiger partial charge in [-0.1, -0.05) is 30.3 Å². The zero-order valence-corrected chi connectivity index (χ0v) is 9.54. The van der Waals surface area contributed by atoms with Gasteiger partial charge in [-0.2, -0.15) is 13.2 Å². The number of rotatable bonds is 2. The van der Waals surface area contributed by atoms with Crippen molar-refractivity contribution in [2.75, 3.05) is 5.73 Å². The Morgan fingerprint density at radius 1 is 0.944 bits per heavy atom. The first-order valence-corrected chi connectivity index (χ1v) is 5.46. The highest BCUT2D eigenvalue weighted by molar-refractivity contribution is 5.51. The number of anilines is 1. The minimum Gasteiger partial charge on any atom is -0.398 e. The maximum absolute atomic E-state index is 12.6. The zero-order valence-electron chi connectivity index (χ0n) is 9.54. The molecule has 4 heteroatoms. The molecular weight excluding hydrogens is 239 g/mol. The highest BCUT2D eigenvalue weighted by Gasteiger charge is 2.30. The molecule has 2 rings (SSSR count). The van der Waals surface area contributed by atoms with E-state index in [1.165, 1.54) is 6.07 Å². The van der Waals surface area contributed by atoms with Crippen LogP contribution in [0.4, 0.5) is 18.9 Å². The van der Waals surface area contributed by atoms with Crippen LogP contribution in [-0.2, 0) is 12.6 Å². The van der Waals surface area contributed by atoms with Gasteiger partial charge in [-0.15, -0.1) is 0 Å². The minimum absolute atomic E-state index is 0.381. The predicted molar refractivity (Wildman–Crippen MR) is 65.1 cm³/mol. The Morgan fingerprint density at radius 2 is 1.61 bits per heavy atom. The minimum atomic E-state index is -4.33. The standard InChI is InChI=1S/C14H12F3N/c15-14(16,17)12-6-7-13(18)11(9-12)8-10-4-2-1-3-5-10/h1-7,9H,8,18H2. The molecule has 0 atom stereocenters. The lowest BCUT2D eigenvalue weighted by Crippen LogP contribution is -2.07. The van der Waals surface area contributed by atoms with Crippen molar-refractivity contribution in [2.45, 2.75) is 12.6 Å². The van der Waals surface area contributed by atoms with Gasteiger partial charge in [-0.05, 0) is 35.7 Å². The normalized spacial score (nSPS) is 11.5. The summed E-state index contributed by atoms with van der Waals surface area (Å²) in [5.74, 6) is 0. The summed E-state index contributed by atoms with van der Waals surface area (Å²) in [5, 5.41) is 0.